The molecule has 17 heavy (non-hydrogen) atoms. The summed E-state index contributed by atoms with van der Waals surface area (Å²) in [4.78, 5) is 0.379. The van der Waals surface area contributed by atoms with E-state index >= 15 is 0 Å². The molecule has 0 bridgehead atoms. The molecule has 0 fully saturated rings. The number of nitrogens with zero attached hydrogens (tertiary/aromatic N) is 2. The Balaban J connectivity index is 2.27. The molecule has 88 valence electrons. The van der Waals surface area contributed by atoms with Crippen LogP contribution in [0.1, 0.15) is 5.56 Å². The topological polar surface area (TPSA) is 55.9 Å². The lowest BCUT2D eigenvalue weighted by atomic mass is 10.2. The Morgan fingerprint density at radius 1 is 1.47 bits per heavy atom. The standard InChI is InChI=1S/C11H11BrN4S/c1-16-10(4-5-14-16)15-7-2-3-8(11(13)17)9(12)6-7/h2-6,15H,1H3,(H2,13,17). The molecule has 0 saturated carbocycles. The lowest BCUT2D eigenvalue weighted by Gasteiger charge is -2.09. The van der Waals surface area contributed by atoms with Gasteiger partial charge in [-0.25, -0.2) is 0 Å². The molecule has 2 rings (SSSR count). The average Bonchev–Trinajstić information content (AvgIpc) is 2.64. The smallest absolute Gasteiger partial charge is 0.128 e. The number of hydrogen-bond donors (Lipinski definition) is 2. The third-order valence-electron chi connectivity index (χ3n) is 2.33. The highest BCUT2D eigenvalue weighted by Crippen LogP contribution is 2.23. The van der Waals surface area contributed by atoms with E-state index in [1.54, 1.807) is 10.9 Å². The van der Waals surface area contributed by atoms with Crippen molar-refractivity contribution in [3.63, 3.8) is 0 Å². The van der Waals surface area contributed by atoms with E-state index in [4.69, 9.17) is 18.0 Å². The Labute approximate surface area is 113 Å². The van der Waals surface area contributed by atoms with Crippen LogP contribution >= 0.6 is 28.1 Å². The second-order valence-electron chi connectivity index (χ2n) is 3.52. The third-order valence-corrected chi connectivity index (χ3v) is 3.20. The van der Waals surface area contributed by atoms with E-state index in [2.05, 4.69) is 26.3 Å². The number of aryl methyl sites for hydroxylation is 1. The van der Waals surface area contributed by atoms with Crippen LogP contribution in [0, 0.1) is 0 Å². The molecule has 6 heteroatoms. The predicted octanol–water partition coefficient (Wildman–Crippen LogP) is 2.56. The zero-order valence-electron chi connectivity index (χ0n) is 9.14. The summed E-state index contributed by atoms with van der Waals surface area (Å²) >= 11 is 8.38. The molecule has 4 nitrogen and oxygen atoms in total. The minimum atomic E-state index is 0.379. The van der Waals surface area contributed by atoms with Crippen molar-refractivity contribution in [3.05, 3.63) is 40.5 Å². The van der Waals surface area contributed by atoms with Gasteiger partial charge in [-0.05, 0) is 34.1 Å². The highest BCUT2D eigenvalue weighted by molar-refractivity contribution is 9.10. The number of anilines is 2. The van der Waals surface area contributed by atoms with E-state index in [-0.39, 0.29) is 0 Å². The van der Waals surface area contributed by atoms with Gasteiger partial charge < -0.3 is 11.1 Å². The zero-order chi connectivity index (χ0) is 12.4. The quantitative estimate of drug-likeness (QED) is 0.856. The van der Waals surface area contributed by atoms with Gasteiger partial charge in [0, 0.05) is 28.8 Å². The molecule has 3 N–H and O–H groups in total. The van der Waals surface area contributed by atoms with Gasteiger partial charge in [-0.1, -0.05) is 12.2 Å². The molecular formula is C11H11BrN4S. The number of thiocarbonyl (C=S) groups is 1. The Bertz CT molecular complexity index is 564. The molecule has 1 heterocycles. The number of nitrogens with one attached hydrogen (secondary N) is 1. The van der Waals surface area contributed by atoms with Gasteiger partial charge in [0.15, 0.2) is 0 Å². The summed E-state index contributed by atoms with van der Waals surface area (Å²) in [6, 6.07) is 7.63. The largest absolute Gasteiger partial charge is 0.389 e. The van der Waals surface area contributed by atoms with Gasteiger partial charge >= 0.3 is 0 Å². The number of rotatable bonds is 3. The minimum absolute atomic E-state index is 0.379. The van der Waals surface area contributed by atoms with Crippen molar-refractivity contribution in [2.45, 2.75) is 0 Å². The molecule has 1 aromatic heterocycles. The molecule has 0 spiro atoms. The van der Waals surface area contributed by atoms with Crippen molar-refractivity contribution in [3.8, 4) is 0 Å². The van der Waals surface area contributed by atoms with Crippen molar-refractivity contribution in [2.75, 3.05) is 5.32 Å². The van der Waals surface area contributed by atoms with E-state index in [1.807, 2.05) is 31.3 Å². The molecule has 0 aliphatic heterocycles. The van der Waals surface area contributed by atoms with Crippen molar-refractivity contribution in [1.29, 1.82) is 0 Å². The van der Waals surface area contributed by atoms with Gasteiger partial charge in [0.05, 0.1) is 6.20 Å². The second kappa shape index (κ2) is 4.85. The molecule has 2 aromatic rings. The number of halogens is 1. The van der Waals surface area contributed by atoms with Crippen molar-refractivity contribution in [1.82, 2.24) is 9.78 Å². The van der Waals surface area contributed by atoms with Crippen LogP contribution < -0.4 is 11.1 Å². The first-order valence-electron chi connectivity index (χ1n) is 4.92. The highest BCUT2D eigenvalue weighted by Gasteiger charge is 2.05. The summed E-state index contributed by atoms with van der Waals surface area (Å²) in [7, 11) is 1.88. The van der Waals surface area contributed by atoms with Crippen LogP contribution in [0.25, 0.3) is 0 Å². The predicted molar refractivity (Wildman–Crippen MR) is 76.5 cm³/mol. The van der Waals surface area contributed by atoms with Gasteiger partial charge in [0.25, 0.3) is 0 Å². The van der Waals surface area contributed by atoms with Crippen molar-refractivity contribution >= 4 is 44.6 Å². The van der Waals surface area contributed by atoms with Crippen LogP contribution in [0.4, 0.5) is 11.5 Å². The molecule has 0 amide bonds. The number of nitrogens with two attached hydrogens (primary N) is 1. The maximum atomic E-state index is 5.59. The number of hydrogen-bond acceptors (Lipinski definition) is 3. The van der Waals surface area contributed by atoms with Gasteiger partial charge in [0.1, 0.15) is 10.8 Å². The molecule has 0 radical (unpaired) electrons. The Morgan fingerprint density at radius 2 is 2.24 bits per heavy atom. The molecule has 1 aromatic carbocycles. The lowest BCUT2D eigenvalue weighted by molar-refractivity contribution is 0.776. The Hall–Kier alpha value is -1.40. The fourth-order valence-corrected chi connectivity index (χ4v) is 2.34. The van der Waals surface area contributed by atoms with E-state index in [0.29, 0.717) is 4.99 Å². The van der Waals surface area contributed by atoms with Gasteiger partial charge in [-0.2, -0.15) is 5.10 Å². The fraction of sp³-hybridized carbons (Fsp3) is 0.0909. The maximum Gasteiger partial charge on any atom is 0.128 e. The molecule has 0 unspecified atom stereocenters. The van der Waals surface area contributed by atoms with Crippen LogP contribution in [0.15, 0.2) is 34.9 Å². The zero-order valence-corrected chi connectivity index (χ0v) is 11.5. The third kappa shape index (κ3) is 2.65. The maximum absolute atomic E-state index is 5.59. The SMILES string of the molecule is Cn1nccc1Nc1ccc(C(N)=S)c(Br)c1. The lowest BCUT2D eigenvalue weighted by Crippen LogP contribution is -2.10. The first-order chi connectivity index (χ1) is 8.08. The van der Waals surface area contributed by atoms with Crippen molar-refractivity contribution < 1.29 is 0 Å². The van der Waals surface area contributed by atoms with Crippen LogP contribution in [0.3, 0.4) is 0 Å². The molecule has 0 saturated heterocycles. The van der Waals surface area contributed by atoms with E-state index < -0.39 is 0 Å². The fourth-order valence-electron chi connectivity index (χ4n) is 1.44. The Kier molecular flexibility index (Phi) is 3.44. The first-order valence-corrected chi connectivity index (χ1v) is 6.12. The van der Waals surface area contributed by atoms with E-state index in [0.717, 1.165) is 21.5 Å². The van der Waals surface area contributed by atoms with Crippen LogP contribution in [-0.4, -0.2) is 14.8 Å². The summed E-state index contributed by atoms with van der Waals surface area (Å²) in [6.45, 7) is 0. The normalized spacial score (nSPS) is 10.2. The summed E-state index contributed by atoms with van der Waals surface area (Å²) in [5.41, 5.74) is 7.37. The van der Waals surface area contributed by atoms with Gasteiger partial charge in [-0.3, -0.25) is 4.68 Å². The van der Waals surface area contributed by atoms with E-state index in [9.17, 15) is 0 Å². The van der Waals surface area contributed by atoms with Crippen LogP contribution in [0.2, 0.25) is 0 Å². The molecule has 0 aliphatic carbocycles. The van der Waals surface area contributed by atoms with Gasteiger partial charge in [0.2, 0.25) is 0 Å². The van der Waals surface area contributed by atoms with Crippen LogP contribution in [-0.2, 0) is 7.05 Å². The summed E-state index contributed by atoms with van der Waals surface area (Å²) in [6.07, 6.45) is 1.74. The summed E-state index contributed by atoms with van der Waals surface area (Å²) < 4.78 is 2.63. The summed E-state index contributed by atoms with van der Waals surface area (Å²) in [5.74, 6) is 0.917. The molecule has 0 aliphatic rings. The van der Waals surface area contributed by atoms with Crippen LogP contribution in [0.5, 0.6) is 0 Å². The average molecular weight is 311 g/mol. The van der Waals surface area contributed by atoms with Crippen molar-refractivity contribution in [2.24, 2.45) is 12.8 Å². The molecule has 0 atom stereocenters. The Morgan fingerprint density at radius 3 is 2.76 bits per heavy atom. The minimum Gasteiger partial charge on any atom is -0.389 e. The highest BCUT2D eigenvalue weighted by atomic mass is 79.9. The van der Waals surface area contributed by atoms with Gasteiger partial charge in [-0.15, -0.1) is 0 Å². The molecular weight excluding hydrogens is 300 g/mol. The second-order valence-corrected chi connectivity index (χ2v) is 4.82. The van der Waals surface area contributed by atoms with E-state index in [1.165, 1.54) is 0 Å². The first kappa shape index (κ1) is 12.1. The number of benzene rings is 1. The monoisotopic (exact) mass is 310 g/mol. The number of aromatic nitrogens is 2. The summed E-state index contributed by atoms with van der Waals surface area (Å²) in [5, 5.41) is 7.33.